The standard InChI is InChI=1S/C9H11OS/c1-10-7-8-4-3-5-9(6-8)11-2/h3-6H,1,7H2,2H3. The summed E-state index contributed by atoms with van der Waals surface area (Å²) >= 11 is 1.73. The topological polar surface area (TPSA) is 9.23 Å². The van der Waals surface area contributed by atoms with Crippen LogP contribution < -0.4 is 0 Å². The molecule has 0 aliphatic carbocycles. The molecule has 0 saturated carbocycles. The van der Waals surface area contributed by atoms with Crippen LogP contribution in [0.1, 0.15) is 5.56 Å². The Morgan fingerprint density at radius 2 is 2.36 bits per heavy atom. The lowest BCUT2D eigenvalue weighted by Crippen LogP contribution is -1.84. The van der Waals surface area contributed by atoms with Gasteiger partial charge in [-0.3, -0.25) is 0 Å². The van der Waals surface area contributed by atoms with Gasteiger partial charge in [-0.15, -0.1) is 11.8 Å². The number of hydrogen-bond acceptors (Lipinski definition) is 2. The Labute approximate surface area is 71.8 Å². The summed E-state index contributed by atoms with van der Waals surface area (Å²) in [5.41, 5.74) is 1.17. The van der Waals surface area contributed by atoms with Crippen LogP contribution >= 0.6 is 11.8 Å². The van der Waals surface area contributed by atoms with Gasteiger partial charge in [-0.1, -0.05) is 12.1 Å². The smallest absolute Gasteiger partial charge is 0.0718 e. The monoisotopic (exact) mass is 167 g/mol. The Hall–Kier alpha value is -0.470. The molecule has 0 saturated heterocycles. The van der Waals surface area contributed by atoms with Crippen molar-refractivity contribution >= 4 is 11.8 Å². The van der Waals surface area contributed by atoms with E-state index in [1.807, 2.05) is 12.1 Å². The van der Waals surface area contributed by atoms with Crippen molar-refractivity contribution in [3.63, 3.8) is 0 Å². The van der Waals surface area contributed by atoms with Crippen LogP contribution in [0.2, 0.25) is 0 Å². The van der Waals surface area contributed by atoms with E-state index in [1.165, 1.54) is 10.5 Å². The van der Waals surface area contributed by atoms with Crippen molar-refractivity contribution in [1.29, 1.82) is 0 Å². The van der Waals surface area contributed by atoms with Crippen molar-refractivity contribution in [1.82, 2.24) is 0 Å². The van der Waals surface area contributed by atoms with Crippen molar-refractivity contribution in [2.75, 3.05) is 6.26 Å². The quantitative estimate of drug-likeness (QED) is 0.640. The zero-order chi connectivity index (χ0) is 8.10. The van der Waals surface area contributed by atoms with Gasteiger partial charge in [0.15, 0.2) is 0 Å². The van der Waals surface area contributed by atoms with Crippen LogP contribution in [0.15, 0.2) is 29.2 Å². The second kappa shape index (κ2) is 4.42. The Kier molecular flexibility index (Phi) is 3.46. The maximum Gasteiger partial charge on any atom is 0.0718 e. The Morgan fingerprint density at radius 3 is 3.00 bits per heavy atom. The first-order valence-corrected chi connectivity index (χ1v) is 4.59. The van der Waals surface area contributed by atoms with Crippen molar-refractivity contribution in [3.8, 4) is 0 Å². The maximum atomic E-state index is 4.77. The summed E-state index contributed by atoms with van der Waals surface area (Å²) in [6.45, 7) is 0.592. The molecule has 0 heterocycles. The summed E-state index contributed by atoms with van der Waals surface area (Å²) in [6.07, 6.45) is 2.06. The lowest BCUT2D eigenvalue weighted by atomic mass is 10.2. The fraction of sp³-hybridized carbons (Fsp3) is 0.222. The van der Waals surface area contributed by atoms with Crippen molar-refractivity contribution in [2.24, 2.45) is 0 Å². The van der Waals surface area contributed by atoms with Crippen LogP contribution in [-0.4, -0.2) is 6.26 Å². The van der Waals surface area contributed by atoms with Crippen molar-refractivity contribution in [3.05, 3.63) is 36.9 Å². The molecule has 0 aliphatic rings. The number of thioether (sulfide) groups is 1. The predicted molar refractivity (Wildman–Crippen MR) is 48.4 cm³/mol. The second-order valence-electron chi connectivity index (χ2n) is 2.20. The van der Waals surface area contributed by atoms with E-state index >= 15 is 0 Å². The van der Waals surface area contributed by atoms with Crippen LogP contribution in [0, 0.1) is 7.11 Å². The minimum absolute atomic E-state index is 0.592. The van der Waals surface area contributed by atoms with Gasteiger partial charge < -0.3 is 4.74 Å². The molecule has 0 unspecified atom stereocenters. The maximum absolute atomic E-state index is 4.77. The van der Waals surface area contributed by atoms with Crippen LogP contribution in [0.4, 0.5) is 0 Å². The number of benzene rings is 1. The van der Waals surface area contributed by atoms with E-state index in [-0.39, 0.29) is 0 Å². The zero-order valence-corrected chi connectivity index (χ0v) is 7.36. The molecule has 1 aromatic carbocycles. The van der Waals surface area contributed by atoms with Gasteiger partial charge in [0.05, 0.1) is 13.7 Å². The molecular weight excluding hydrogens is 156 g/mol. The first-order valence-electron chi connectivity index (χ1n) is 3.36. The highest BCUT2D eigenvalue weighted by molar-refractivity contribution is 7.98. The molecule has 0 amide bonds. The molecule has 0 N–H and O–H groups in total. The van der Waals surface area contributed by atoms with Crippen LogP contribution in [0.5, 0.6) is 0 Å². The molecule has 0 fully saturated rings. The number of rotatable bonds is 3. The van der Waals surface area contributed by atoms with Gasteiger partial charge in [0.25, 0.3) is 0 Å². The average Bonchev–Trinajstić information content (AvgIpc) is 2.06. The lowest BCUT2D eigenvalue weighted by molar-refractivity contribution is 0.228. The normalized spacial score (nSPS) is 10.0. The fourth-order valence-electron chi connectivity index (χ4n) is 0.880. The van der Waals surface area contributed by atoms with E-state index in [0.29, 0.717) is 6.61 Å². The highest BCUT2D eigenvalue weighted by atomic mass is 32.2. The van der Waals surface area contributed by atoms with E-state index in [4.69, 9.17) is 4.74 Å². The summed E-state index contributed by atoms with van der Waals surface area (Å²) in [5.74, 6) is 0. The minimum Gasteiger partial charge on any atom is -0.374 e. The van der Waals surface area contributed by atoms with Gasteiger partial charge in [0.2, 0.25) is 0 Å². The Morgan fingerprint density at radius 1 is 1.55 bits per heavy atom. The SMILES string of the molecule is [CH2]OCc1cccc(SC)c1. The molecular formula is C9H11OS. The highest BCUT2D eigenvalue weighted by Crippen LogP contribution is 2.15. The summed E-state index contributed by atoms with van der Waals surface area (Å²) in [4.78, 5) is 1.26. The second-order valence-corrected chi connectivity index (χ2v) is 3.08. The number of ether oxygens (including phenoxy) is 1. The summed E-state index contributed by atoms with van der Waals surface area (Å²) in [7, 11) is 3.33. The molecule has 1 nitrogen and oxygen atoms in total. The van der Waals surface area contributed by atoms with Crippen LogP contribution in [0.3, 0.4) is 0 Å². The van der Waals surface area contributed by atoms with Crippen molar-refractivity contribution < 1.29 is 4.74 Å². The average molecular weight is 167 g/mol. The van der Waals surface area contributed by atoms with E-state index < -0.39 is 0 Å². The molecule has 0 atom stereocenters. The molecule has 0 aromatic heterocycles. The highest BCUT2D eigenvalue weighted by Gasteiger charge is 1.92. The predicted octanol–water partition coefficient (Wildman–Crippen LogP) is 2.72. The van der Waals surface area contributed by atoms with Crippen LogP contribution in [-0.2, 0) is 11.3 Å². The largest absolute Gasteiger partial charge is 0.374 e. The first kappa shape index (κ1) is 8.62. The minimum atomic E-state index is 0.592. The summed E-state index contributed by atoms with van der Waals surface area (Å²) in [6, 6.07) is 8.25. The van der Waals surface area contributed by atoms with Crippen LogP contribution in [0.25, 0.3) is 0 Å². The number of hydrogen-bond donors (Lipinski definition) is 0. The molecule has 1 rings (SSSR count). The zero-order valence-electron chi connectivity index (χ0n) is 6.54. The van der Waals surface area contributed by atoms with Gasteiger partial charge in [0.1, 0.15) is 0 Å². The molecule has 1 radical (unpaired) electrons. The van der Waals surface area contributed by atoms with Crippen molar-refractivity contribution in [2.45, 2.75) is 11.5 Å². The van der Waals surface area contributed by atoms with Gasteiger partial charge >= 0.3 is 0 Å². The van der Waals surface area contributed by atoms with Gasteiger partial charge in [0, 0.05) is 4.90 Å². The lowest BCUT2D eigenvalue weighted by Gasteiger charge is -2.00. The third kappa shape index (κ3) is 2.56. The third-order valence-corrected chi connectivity index (χ3v) is 2.13. The van der Waals surface area contributed by atoms with E-state index in [0.717, 1.165) is 0 Å². The summed E-state index contributed by atoms with van der Waals surface area (Å²) in [5, 5.41) is 0. The molecule has 0 aliphatic heterocycles. The molecule has 0 bridgehead atoms. The third-order valence-electron chi connectivity index (χ3n) is 1.40. The molecule has 0 spiro atoms. The Balaban J connectivity index is 2.74. The summed E-state index contributed by atoms with van der Waals surface area (Å²) < 4.78 is 4.77. The van der Waals surface area contributed by atoms with Gasteiger partial charge in [-0.2, -0.15) is 0 Å². The van der Waals surface area contributed by atoms with Gasteiger partial charge in [-0.05, 0) is 24.0 Å². The van der Waals surface area contributed by atoms with E-state index in [2.05, 4.69) is 25.5 Å². The molecule has 2 heteroatoms. The van der Waals surface area contributed by atoms with E-state index in [9.17, 15) is 0 Å². The molecule has 11 heavy (non-hydrogen) atoms. The molecule has 59 valence electrons. The fourth-order valence-corrected chi connectivity index (χ4v) is 1.36. The first-order chi connectivity index (χ1) is 5.36. The molecule has 1 aromatic rings. The van der Waals surface area contributed by atoms with E-state index in [1.54, 1.807) is 11.8 Å². The van der Waals surface area contributed by atoms with Gasteiger partial charge in [-0.25, -0.2) is 0 Å². The Bertz CT molecular complexity index is 223.